The zero-order valence-electron chi connectivity index (χ0n) is 15.4. The molecule has 0 saturated carbocycles. The first kappa shape index (κ1) is 22.2. The topological polar surface area (TPSA) is 65.9 Å². The van der Waals surface area contributed by atoms with Crippen molar-refractivity contribution in [2.45, 2.75) is 27.0 Å². The second-order valence-electron chi connectivity index (χ2n) is 5.71. The number of aliphatic hydroxyl groups is 1. The number of aryl methyl sites for hydroxylation is 1. The number of aliphatic hydroxyl groups excluding tert-OH is 1. The Hall–Kier alpha value is -1.80. The van der Waals surface area contributed by atoms with Gasteiger partial charge < -0.3 is 20.5 Å². The minimum Gasteiger partial charge on any atom is -0.492 e. The van der Waals surface area contributed by atoms with Gasteiger partial charge in [0.1, 0.15) is 12.4 Å². The average Bonchev–Trinajstić information content (AvgIpc) is 2.64. The summed E-state index contributed by atoms with van der Waals surface area (Å²) in [4.78, 5) is 4.58. The van der Waals surface area contributed by atoms with Crippen molar-refractivity contribution in [2.24, 2.45) is 4.99 Å². The number of nitrogens with zero attached hydrogens (tertiary/aromatic N) is 1. The highest BCUT2D eigenvalue weighted by atomic mass is 127. The van der Waals surface area contributed by atoms with E-state index in [1.807, 2.05) is 55.5 Å². The van der Waals surface area contributed by atoms with Crippen LogP contribution in [0.25, 0.3) is 0 Å². The van der Waals surface area contributed by atoms with Gasteiger partial charge in [0.25, 0.3) is 0 Å². The summed E-state index contributed by atoms with van der Waals surface area (Å²) in [6, 6.07) is 15.8. The van der Waals surface area contributed by atoms with Crippen molar-refractivity contribution >= 4 is 29.9 Å². The van der Waals surface area contributed by atoms with Crippen LogP contribution >= 0.6 is 24.0 Å². The standard InChI is InChI=1S/C20H27N3O2.HI/c1-3-21-20(23-14-17-6-4-5-7-18(17)15-24)22-12-13-25-19-10-8-16(2)9-11-19;/h4-11,24H,3,12-15H2,1-2H3,(H2,21,22,23);1H. The van der Waals surface area contributed by atoms with E-state index in [1.165, 1.54) is 5.56 Å². The smallest absolute Gasteiger partial charge is 0.191 e. The molecule has 6 heteroatoms. The first-order valence-corrected chi connectivity index (χ1v) is 8.62. The first-order valence-electron chi connectivity index (χ1n) is 8.62. The molecule has 0 bridgehead atoms. The number of benzene rings is 2. The van der Waals surface area contributed by atoms with Crippen LogP contribution in [0.5, 0.6) is 5.75 Å². The van der Waals surface area contributed by atoms with Crippen molar-refractivity contribution in [3.63, 3.8) is 0 Å². The molecule has 3 N–H and O–H groups in total. The Kier molecular flexibility index (Phi) is 10.7. The molecular weight excluding hydrogens is 441 g/mol. The molecule has 0 saturated heterocycles. The summed E-state index contributed by atoms with van der Waals surface area (Å²) in [5, 5.41) is 15.9. The zero-order valence-corrected chi connectivity index (χ0v) is 17.7. The van der Waals surface area contributed by atoms with E-state index in [0.29, 0.717) is 19.7 Å². The van der Waals surface area contributed by atoms with Gasteiger partial charge in [0.15, 0.2) is 5.96 Å². The van der Waals surface area contributed by atoms with Gasteiger partial charge in [0.05, 0.1) is 19.7 Å². The van der Waals surface area contributed by atoms with Gasteiger partial charge in [-0.1, -0.05) is 42.0 Å². The van der Waals surface area contributed by atoms with Crippen molar-refractivity contribution in [1.82, 2.24) is 10.6 Å². The average molecular weight is 469 g/mol. The van der Waals surface area contributed by atoms with Crippen LogP contribution in [-0.2, 0) is 13.2 Å². The predicted octanol–water partition coefficient (Wildman–Crippen LogP) is 3.24. The summed E-state index contributed by atoms with van der Waals surface area (Å²) >= 11 is 0. The molecule has 0 spiro atoms. The fourth-order valence-electron chi connectivity index (χ4n) is 2.34. The van der Waals surface area contributed by atoms with E-state index in [4.69, 9.17) is 4.74 Å². The van der Waals surface area contributed by atoms with Gasteiger partial charge in [0.2, 0.25) is 0 Å². The number of halogens is 1. The third-order valence-corrected chi connectivity index (χ3v) is 3.72. The highest BCUT2D eigenvalue weighted by molar-refractivity contribution is 14.0. The number of aliphatic imine (C=N–C) groups is 1. The van der Waals surface area contributed by atoms with Crippen LogP contribution in [0.3, 0.4) is 0 Å². The molecule has 0 aliphatic rings. The molecule has 0 aliphatic heterocycles. The molecule has 0 radical (unpaired) electrons. The van der Waals surface area contributed by atoms with Crippen LogP contribution in [0.1, 0.15) is 23.6 Å². The summed E-state index contributed by atoms with van der Waals surface area (Å²) < 4.78 is 5.71. The lowest BCUT2D eigenvalue weighted by Crippen LogP contribution is -2.39. The van der Waals surface area contributed by atoms with Crippen molar-refractivity contribution < 1.29 is 9.84 Å². The Morgan fingerprint density at radius 1 is 1.04 bits per heavy atom. The molecule has 2 aromatic rings. The monoisotopic (exact) mass is 469 g/mol. The second-order valence-corrected chi connectivity index (χ2v) is 5.71. The molecule has 0 aliphatic carbocycles. The fourth-order valence-corrected chi connectivity index (χ4v) is 2.34. The van der Waals surface area contributed by atoms with Gasteiger partial charge in [0, 0.05) is 6.54 Å². The molecule has 0 unspecified atom stereocenters. The van der Waals surface area contributed by atoms with Gasteiger partial charge in [-0.3, -0.25) is 0 Å². The van der Waals surface area contributed by atoms with Crippen LogP contribution in [0.4, 0.5) is 0 Å². The number of hydrogen-bond donors (Lipinski definition) is 3. The van der Waals surface area contributed by atoms with E-state index in [2.05, 4.69) is 22.5 Å². The molecule has 5 nitrogen and oxygen atoms in total. The van der Waals surface area contributed by atoms with Gasteiger partial charge in [-0.25, -0.2) is 4.99 Å². The van der Waals surface area contributed by atoms with Crippen LogP contribution < -0.4 is 15.4 Å². The first-order chi connectivity index (χ1) is 12.2. The van der Waals surface area contributed by atoms with Crippen LogP contribution in [0, 0.1) is 6.92 Å². The van der Waals surface area contributed by atoms with Crippen molar-refractivity contribution in [3.8, 4) is 5.75 Å². The molecule has 2 aromatic carbocycles. The molecule has 142 valence electrons. The Morgan fingerprint density at radius 2 is 1.73 bits per heavy atom. The van der Waals surface area contributed by atoms with Gasteiger partial charge >= 0.3 is 0 Å². The number of hydrogen-bond acceptors (Lipinski definition) is 3. The molecule has 2 rings (SSSR count). The summed E-state index contributed by atoms with van der Waals surface area (Å²) in [6.07, 6.45) is 0. The molecule has 0 aromatic heterocycles. The molecule has 0 fully saturated rings. The van der Waals surface area contributed by atoms with E-state index in [9.17, 15) is 5.11 Å². The SMILES string of the molecule is CCNC(=NCc1ccccc1CO)NCCOc1ccc(C)cc1.I. The minimum absolute atomic E-state index is 0. The number of nitrogens with one attached hydrogen (secondary N) is 2. The minimum atomic E-state index is 0. The normalized spacial score (nSPS) is 10.8. The molecule has 0 amide bonds. The van der Waals surface area contributed by atoms with Gasteiger partial charge in [-0.2, -0.15) is 0 Å². The summed E-state index contributed by atoms with van der Waals surface area (Å²) in [5.41, 5.74) is 3.15. The van der Waals surface area contributed by atoms with Crippen LogP contribution in [0.15, 0.2) is 53.5 Å². The van der Waals surface area contributed by atoms with Crippen LogP contribution in [-0.4, -0.2) is 30.8 Å². The van der Waals surface area contributed by atoms with E-state index in [1.54, 1.807) is 0 Å². The summed E-state index contributed by atoms with van der Waals surface area (Å²) in [6.45, 7) is 6.63. The lowest BCUT2D eigenvalue weighted by Gasteiger charge is -2.13. The molecule has 0 heterocycles. The predicted molar refractivity (Wildman–Crippen MR) is 117 cm³/mol. The second kappa shape index (κ2) is 12.5. The highest BCUT2D eigenvalue weighted by Gasteiger charge is 2.02. The van der Waals surface area contributed by atoms with Crippen molar-refractivity contribution in [1.29, 1.82) is 0 Å². The lowest BCUT2D eigenvalue weighted by atomic mass is 10.1. The number of guanidine groups is 1. The summed E-state index contributed by atoms with van der Waals surface area (Å²) in [5.74, 6) is 1.61. The van der Waals surface area contributed by atoms with E-state index >= 15 is 0 Å². The maximum Gasteiger partial charge on any atom is 0.191 e. The maximum absolute atomic E-state index is 9.39. The zero-order chi connectivity index (χ0) is 17.9. The molecule has 0 atom stereocenters. The Balaban J connectivity index is 0.00000338. The van der Waals surface area contributed by atoms with Gasteiger partial charge in [-0.15, -0.1) is 24.0 Å². The van der Waals surface area contributed by atoms with Crippen molar-refractivity contribution in [2.75, 3.05) is 19.7 Å². The summed E-state index contributed by atoms with van der Waals surface area (Å²) in [7, 11) is 0. The third kappa shape index (κ3) is 7.61. The molecule has 26 heavy (non-hydrogen) atoms. The van der Waals surface area contributed by atoms with Gasteiger partial charge in [-0.05, 0) is 37.1 Å². The number of rotatable bonds is 8. The Morgan fingerprint density at radius 3 is 2.38 bits per heavy atom. The van der Waals surface area contributed by atoms with E-state index in [-0.39, 0.29) is 30.6 Å². The lowest BCUT2D eigenvalue weighted by molar-refractivity contribution is 0.280. The van der Waals surface area contributed by atoms with Crippen LogP contribution in [0.2, 0.25) is 0 Å². The largest absolute Gasteiger partial charge is 0.492 e. The quantitative estimate of drug-likeness (QED) is 0.241. The molecular formula is C20H28IN3O2. The van der Waals surface area contributed by atoms with E-state index < -0.39 is 0 Å². The fraction of sp³-hybridized carbons (Fsp3) is 0.350. The third-order valence-electron chi connectivity index (χ3n) is 3.72. The Bertz CT molecular complexity index is 675. The van der Waals surface area contributed by atoms with Crippen molar-refractivity contribution in [3.05, 3.63) is 65.2 Å². The number of ether oxygens (including phenoxy) is 1. The highest BCUT2D eigenvalue weighted by Crippen LogP contribution is 2.11. The Labute approximate surface area is 172 Å². The maximum atomic E-state index is 9.39. The van der Waals surface area contributed by atoms with E-state index in [0.717, 1.165) is 29.4 Å².